The molecule has 3 amide bonds. The van der Waals surface area contributed by atoms with Crippen molar-refractivity contribution in [2.75, 3.05) is 23.4 Å². The lowest BCUT2D eigenvalue weighted by Crippen LogP contribution is -2.60. The van der Waals surface area contributed by atoms with E-state index in [9.17, 15) is 45.0 Å². The molecule has 13 heteroatoms. The minimum Gasteiger partial charge on any atom is -0.395 e. The fourth-order valence-corrected chi connectivity index (χ4v) is 5.93. The van der Waals surface area contributed by atoms with Crippen molar-refractivity contribution in [2.24, 2.45) is 5.92 Å². The Kier molecular flexibility index (Phi) is 10.7. The number of anilines is 3. The largest absolute Gasteiger partial charge is 0.395 e. The van der Waals surface area contributed by atoms with Crippen molar-refractivity contribution in [2.45, 2.75) is 56.2 Å². The van der Waals surface area contributed by atoms with Crippen molar-refractivity contribution in [3.8, 4) is 0 Å². The number of fused-ring (bicyclic) bond motifs is 1. The van der Waals surface area contributed by atoms with Gasteiger partial charge in [-0.05, 0) is 35.9 Å². The van der Waals surface area contributed by atoms with Gasteiger partial charge in [0.2, 0.25) is 5.91 Å². The van der Waals surface area contributed by atoms with Gasteiger partial charge in [-0.15, -0.1) is 0 Å². The van der Waals surface area contributed by atoms with E-state index in [2.05, 4.69) is 5.32 Å². The van der Waals surface area contributed by atoms with Crippen LogP contribution >= 0.6 is 0 Å². The quantitative estimate of drug-likeness (QED) is 0.145. The molecular weight excluding hydrogens is 622 g/mol. The minimum absolute atomic E-state index is 0.0527. The number of amides is 3. The number of nitrogens with zero attached hydrogens (tertiary/aromatic N) is 2. The number of ether oxygens (including phenoxy) is 1. The lowest BCUT2D eigenvalue weighted by Gasteiger charge is -2.37. The summed E-state index contributed by atoms with van der Waals surface area (Å²) in [6, 6.07) is 22.4. The third kappa shape index (κ3) is 6.89. The van der Waals surface area contributed by atoms with E-state index in [0.29, 0.717) is 17.9 Å². The molecule has 48 heavy (non-hydrogen) atoms. The van der Waals surface area contributed by atoms with Crippen LogP contribution in [-0.2, 0) is 31.3 Å². The first-order valence-electron chi connectivity index (χ1n) is 15.5. The topological polar surface area (TPSA) is 200 Å². The van der Waals surface area contributed by atoms with Gasteiger partial charge in [0.15, 0.2) is 18.0 Å². The van der Waals surface area contributed by atoms with E-state index in [1.165, 1.54) is 28.0 Å². The van der Waals surface area contributed by atoms with Gasteiger partial charge in [-0.3, -0.25) is 19.3 Å². The molecule has 5 rings (SSSR count). The van der Waals surface area contributed by atoms with Gasteiger partial charge in [-0.2, -0.15) is 0 Å². The molecule has 7 N–H and O–H groups in total. The molecule has 0 bridgehead atoms. The number of rotatable bonds is 11. The van der Waals surface area contributed by atoms with Crippen molar-refractivity contribution in [1.82, 2.24) is 4.90 Å². The van der Waals surface area contributed by atoms with E-state index in [1.54, 1.807) is 49.4 Å². The summed E-state index contributed by atoms with van der Waals surface area (Å²) in [5.41, 5.74) is -0.136. The van der Waals surface area contributed by atoms with Crippen LogP contribution in [0, 0.1) is 5.92 Å². The maximum Gasteiger partial charge on any atom is 0.268 e. The highest BCUT2D eigenvalue weighted by Crippen LogP contribution is 2.49. The lowest BCUT2D eigenvalue weighted by atomic mass is 9.82. The number of hydrogen-bond donors (Lipinski definition) is 7. The number of carbonyl (C=O) groups excluding carboxylic acids is 3. The van der Waals surface area contributed by atoms with E-state index in [-0.39, 0.29) is 36.7 Å². The van der Waals surface area contributed by atoms with Crippen LogP contribution in [0.25, 0.3) is 0 Å². The molecule has 1 fully saturated rings. The fraction of sp³-hybridized carbons (Fsp3) is 0.343. The van der Waals surface area contributed by atoms with Crippen LogP contribution in [-0.4, -0.2) is 97.1 Å². The predicted molar refractivity (Wildman–Crippen MR) is 173 cm³/mol. The van der Waals surface area contributed by atoms with Gasteiger partial charge in [0.1, 0.15) is 18.3 Å². The van der Waals surface area contributed by atoms with Gasteiger partial charge in [-0.1, -0.05) is 67.6 Å². The zero-order valence-electron chi connectivity index (χ0n) is 26.2. The van der Waals surface area contributed by atoms with Crippen molar-refractivity contribution < 1.29 is 49.8 Å². The Morgan fingerprint density at radius 2 is 1.65 bits per heavy atom. The van der Waals surface area contributed by atoms with Crippen LogP contribution in [0.5, 0.6) is 0 Å². The summed E-state index contributed by atoms with van der Waals surface area (Å²) >= 11 is 0. The van der Waals surface area contributed by atoms with Crippen molar-refractivity contribution >= 4 is 34.8 Å². The highest BCUT2D eigenvalue weighted by atomic mass is 16.6. The zero-order chi connectivity index (χ0) is 34.6. The van der Waals surface area contributed by atoms with E-state index in [1.807, 2.05) is 30.3 Å². The predicted octanol–water partition coefficient (Wildman–Crippen LogP) is 0.894. The molecule has 0 aliphatic carbocycles. The third-order valence-electron chi connectivity index (χ3n) is 8.62. The smallest absolute Gasteiger partial charge is 0.268 e. The van der Waals surface area contributed by atoms with Gasteiger partial charge in [-0.25, -0.2) is 0 Å². The first-order valence-corrected chi connectivity index (χ1v) is 15.5. The maximum absolute atomic E-state index is 14.1. The Bertz CT molecular complexity index is 1640. The van der Waals surface area contributed by atoms with E-state index in [4.69, 9.17) is 4.74 Å². The number of carbonyl (C=O) groups is 3. The molecule has 2 aliphatic rings. The molecule has 0 unspecified atom stereocenters. The van der Waals surface area contributed by atoms with E-state index in [0.717, 1.165) is 5.56 Å². The number of hydrogen-bond acceptors (Lipinski definition) is 10. The van der Waals surface area contributed by atoms with Crippen LogP contribution < -0.4 is 10.2 Å². The molecule has 13 nitrogen and oxygen atoms in total. The number of aliphatic hydroxyl groups is 6. The molecule has 7 atom stereocenters. The Hall–Kier alpha value is -4.47. The van der Waals surface area contributed by atoms with Crippen molar-refractivity contribution in [1.29, 1.82) is 0 Å². The Morgan fingerprint density at radius 1 is 0.979 bits per heavy atom. The molecule has 1 saturated heterocycles. The maximum atomic E-state index is 14.1. The molecule has 2 aliphatic heterocycles. The summed E-state index contributed by atoms with van der Waals surface area (Å²) < 4.78 is 5.03. The Morgan fingerprint density at radius 3 is 2.31 bits per heavy atom. The highest BCUT2D eigenvalue weighted by Gasteiger charge is 2.53. The fourth-order valence-electron chi connectivity index (χ4n) is 5.93. The second-order valence-electron chi connectivity index (χ2n) is 11.8. The summed E-state index contributed by atoms with van der Waals surface area (Å²) in [5, 5.41) is 64.1. The van der Waals surface area contributed by atoms with E-state index < -0.39 is 54.0 Å². The Balaban J connectivity index is 1.40. The third-order valence-corrected chi connectivity index (χ3v) is 8.62. The molecular formula is C35H39N3O10. The first-order chi connectivity index (χ1) is 23.0. The average molecular weight is 662 g/mol. The molecule has 3 aromatic rings. The highest BCUT2D eigenvalue weighted by molar-refractivity contribution is 6.12. The molecule has 0 saturated carbocycles. The monoisotopic (exact) mass is 661 g/mol. The van der Waals surface area contributed by atoms with Gasteiger partial charge in [0.25, 0.3) is 11.8 Å². The Labute approximate surface area is 276 Å². The molecule has 3 aromatic carbocycles. The van der Waals surface area contributed by atoms with Crippen LogP contribution in [0.1, 0.15) is 24.5 Å². The molecule has 0 radical (unpaired) electrons. The lowest BCUT2D eigenvalue weighted by molar-refractivity contribution is -0.274. The number of benzene rings is 3. The average Bonchev–Trinajstić information content (AvgIpc) is 3.32. The normalized spacial score (nSPS) is 25.9. The molecule has 0 spiro atoms. The summed E-state index contributed by atoms with van der Waals surface area (Å²) in [4.78, 5) is 43.1. The number of aliphatic hydroxyl groups excluding tert-OH is 5. The van der Waals surface area contributed by atoms with Crippen molar-refractivity contribution in [3.05, 3.63) is 102 Å². The number of para-hydroxylation sites is 1. The SMILES string of the molecule is C[C@@H](/C=C/CC(=O)N(CCO)Cc1ccccc1)[C@]1(O)C(=O)N(c2ccccc2)c2ccc(NC(=O)[C@H]3O[C@@H](O)[C@H](O)[C@@H](O)[C@@H]3O)cc21. The minimum atomic E-state index is -2.14. The van der Waals surface area contributed by atoms with Crippen LogP contribution in [0.4, 0.5) is 17.1 Å². The van der Waals surface area contributed by atoms with Crippen LogP contribution in [0.15, 0.2) is 91.0 Å². The van der Waals surface area contributed by atoms with Gasteiger partial charge >= 0.3 is 0 Å². The summed E-state index contributed by atoms with van der Waals surface area (Å²) in [5.74, 6) is -2.73. The van der Waals surface area contributed by atoms with Crippen LogP contribution in [0.2, 0.25) is 0 Å². The zero-order valence-corrected chi connectivity index (χ0v) is 26.2. The molecule has 254 valence electrons. The summed E-state index contributed by atoms with van der Waals surface area (Å²) in [7, 11) is 0. The van der Waals surface area contributed by atoms with Crippen molar-refractivity contribution in [3.63, 3.8) is 0 Å². The van der Waals surface area contributed by atoms with Crippen LogP contribution in [0.3, 0.4) is 0 Å². The van der Waals surface area contributed by atoms with Gasteiger partial charge in [0, 0.05) is 42.4 Å². The second-order valence-corrected chi connectivity index (χ2v) is 11.8. The second kappa shape index (κ2) is 14.7. The molecule has 0 aromatic heterocycles. The molecule has 2 heterocycles. The summed E-state index contributed by atoms with van der Waals surface area (Å²) in [6.07, 6.45) is -6.09. The first kappa shape index (κ1) is 34.9. The summed E-state index contributed by atoms with van der Waals surface area (Å²) in [6.45, 7) is 1.85. The number of nitrogens with one attached hydrogen (secondary N) is 1. The van der Waals surface area contributed by atoms with Gasteiger partial charge < -0.3 is 45.6 Å². The standard InChI is InChI=1S/C35H39N3O10/c1-21(9-8-14-27(40)37(17-18-39)20-22-10-4-2-5-11-22)35(47)25-19-23(36-32(44)31-29(42)28(41)30(43)33(45)48-31)15-16-26(25)38(34(35)46)24-12-6-3-7-13-24/h2-13,15-16,19,21,28-31,33,39,41-43,45,47H,14,17-18,20H2,1H3,(H,36,44)/b9-8+/t21-,28-,29-,30+,31-,33+,35+/m0/s1. The van der Waals surface area contributed by atoms with E-state index >= 15 is 0 Å². The van der Waals surface area contributed by atoms with Gasteiger partial charge in [0.05, 0.1) is 12.3 Å².